The van der Waals surface area contributed by atoms with Crippen molar-refractivity contribution in [3.63, 3.8) is 0 Å². The van der Waals surface area contributed by atoms with Gasteiger partial charge in [0.25, 0.3) is 0 Å². The quantitative estimate of drug-likeness (QED) is 0.756. The Morgan fingerprint density at radius 2 is 2.00 bits per heavy atom. The lowest BCUT2D eigenvalue weighted by molar-refractivity contribution is -0.147. The number of aliphatic carboxylic acids is 1. The van der Waals surface area contributed by atoms with Crippen molar-refractivity contribution in [1.29, 1.82) is 0 Å². The summed E-state index contributed by atoms with van der Waals surface area (Å²) in [6, 6.07) is -0.362. The molecule has 0 aromatic rings. The van der Waals surface area contributed by atoms with Gasteiger partial charge in [0.1, 0.15) is 5.54 Å². The summed E-state index contributed by atoms with van der Waals surface area (Å²) in [4.78, 5) is 37.4. The Labute approximate surface area is 112 Å². The van der Waals surface area contributed by atoms with E-state index in [4.69, 9.17) is 5.73 Å². The standard InChI is InChI=1S/C12H21N3O4/c1-4-15(12(2,3)10(17)18)11(19)14-6-5-8(7-14)9(13)16/h8H,4-7H2,1-3H3,(H2,13,16)(H,17,18). The van der Waals surface area contributed by atoms with Gasteiger partial charge in [0.15, 0.2) is 0 Å². The van der Waals surface area contributed by atoms with Gasteiger partial charge >= 0.3 is 12.0 Å². The number of nitrogens with two attached hydrogens (primary N) is 1. The molecule has 1 saturated heterocycles. The van der Waals surface area contributed by atoms with Crippen LogP contribution < -0.4 is 5.73 Å². The summed E-state index contributed by atoms with van der Waals surface area (Å²) in [6.45, 7) is 5.68. The Balaban J connectivity index is 2.81. The largest absolute Gasteiger partial charge is 0.480 e. The molecule has 0 aromatic carbocycles. The van der Waals surface area contributed by atoms with E-state index >= 15 is 0 Å². The maximum Gasteiger partial charge on any atom is 0.329 e. The molecule has 19 heavy (non-hydrogen) atoms. The smallest absolute Gasteiger partial charge is 0.329 e. The fourth-order valence-corrected chi connectivity index (χ4v) is 2.22. The molecule has 0 radical (unpaired) electrons. The summed E-state index contributed by atoms with van der Waals surface area (Å²) in [7, 11) is 0. The molecule has 0 aromatic heterocycles. The summed E-state index contributed by atoms with van der Waals surface area (Å²) in [6.07, 6.45) is 0.534. The number of hydrogen-bond donors (Lipinski definition) is 2. The van der Waals surface area contributed by atoms with Gasteiger partial charge in [-0.3, -0.25) is 4.79 Å². The zero-order chi connectivity index (χ0) is 14.8. The van der Waals surface area contributed by atoms with Crippen molar-refractivity contribution in [2.24, 2.45) is 11.7 Å². The molecule has 1 aliphatic rings. The molecule has 3 N–H and O–H groups in total. The van der Waals surface area contributed by atoms with Crippen molar-refractivity contribution < 1.29 is 19.5 Å². The van der Waals surface area contributed by atoms with Gasteiger partial charge in [-0.05, 0) is 27.2 Å². The Morgan fingerprint density at radius 3 is 2.37 bits per heavy atom. The van der Waals surface area contributed by atoms with E-state index in [9.17, 15) is 19.5 Å². The second kappa shape index (κ2) is 5.46. The van der Waals surface area contributed by atoms with E-state index in [0.29, 0.717) is 13.0 Å². The molecular weight excluding hydrogens is 250 g/mol. The second-order valence-electron chi connectivity index (χ2n) is 5.22. The van der Waals surface area contributed by atoms with Crippen LogP contribution in [0.25, 0.3) is 0 Å². The maximum absolute atomic E-state index is 12.3. The van der Waals surface area contributed by atoms with Crippen LogP contribution in [-0.2, 0) is 9.59 Å². The van der Waals surface area contributed by atoms with Gasteiger partial charge in [-0.25, -0.2) is 9.59 Å². The van der Waals surface area contributed by atoms with E-state index < -0.39 is 17.4 Å². The van der Waals surface area contributed by atoms with Crippen LogP contribution in [0, 0.1) is 5.92 Å². The van der Waals surface area contributed by atoms with E-state index in [1.807, 2.05) is 0 Å². The molecule has 0 spiro atoms. The number of carboxylic acids is 1. The van der Waals surface area contributed by atoms with E-state index in [-0.39, 0.29) is 25.0 Å². The lowest BCUT2D eigenvalue weighted by Crippen LogP contribution is -2.56. The molecule has 0 bridgehead atoms. The molecule has 108 valence electrons. The summed E-state index contributed by atoms with van der Waals surface area (Å²) in [5, 5.41) is 9.19. The van der Waals surface area contributed by atoms with Gasteiger partial charge < -0.3 is 20.6 Å². The van der Waals surface area contributed by atoms with E-state index in [1.54, 1.807) is 6.92 Å². The van der Waals surface area contributed by atoms with Crippen molar-refractivity contribution in [1.82, 2.24) is 9.80 Å². The van der Waals surface area contributed by atoms with Gasteiger partial charge in [0, 0.05) is 19.6 Å². The third-order valence-electron chi connectivity index (χ3n) is 3.61. The van der Waals surface area contributed by atoms with Crippen LogP contribution in [0.5, 0.6) is 0 Å². The van der Waals surface area contributed by atoms with Gasteiger partial charge in [0.2, 0.25) is 5.91 Å². The van der Waals surface area contributed by atoms with Crippen molar-refractivity contribution in [2.45, 2.75) is 32.7 Å². The van der Waals surface area contributed by atoms with Crippen LogP contribution in [0.3, 0.4) is 0 Å². The molecular formula is C12H21N3O4. The number of likely N-dealkylation sites (tertiary alicyclic amines) is 1. The number of carboxylic acid groups (broad SMARTS) is 1. The SMILES string of the molecule is CCN(C(=O)N1CCC(C(N)=O)C1)C(C)(C)C(=O)O. The average Bonchev–Trinajstić information content (AvgIpc) is 2.78. The van der Waals surface area contributed by atoms with Crippen molar-refractivity contribution in [3.8, 4) is 0 Å². The van der Waals surface area contributed by atoms with Gasteiger partial charge in [-0.1, -0.05) is 0 Å². The predicted molar refractivity (Wildman–Crippen MR) is 68.4 cm³/mol. The average molecular weight is 271 g/mol. The van der Waals surface area contributed by atoms with E-state index in [2.05, 4.69) is 0 Å². The van der Waals surface area contributed by atoms with Crippen LogP contribution in [-0.4, -0.2) is 58.0 Å². The van der Waals surface area contributed by atoms with Crippen LogP contribution in [0.1, 0.15) is 27.2 Å². The molecule has 1 fully saturated rings. The molecule has 1 unspecified atom stereocenters. The Hall–Kier alpha value is -1.79. The minimum Gasteiger partial charge on any atom is -0.480 e. The number of carbonyl (C=O) groups is 3. The topological polar surface area (TPSA) is 104 Å². The predicted octanol–water partition coefficient (Wildman–Crippen LogP) is 0.0987. The van der Waals surface area contributed by atoms with Crippen LogP contribution >= 0.6 is 0 Å². The monoisotopic (exact) mass is 271 g/mol. The maximum atomic E-state index is 12.3. The Morgan fingerprint density at radius 1 is 1.42 bits per heavy atom. The fraction of sp³-hybridized carbons (Fsp3) is 0.750. The Kier molecular flexibility index (Phi) is 4.39. The normalized spacial score (nSPS) is 19.3. The van der Waals surface area contributed by atoms with E-state index in [1.165, 1.54) is 23.6 Å². The summed E-state index contributed by atoms with van der Waals surface area (Å²) < 4.78 is 0. The number of primary amides is 1. The number of hydrogen-bond acceptors (Lipinski definition) is 3. The summed E-state index contributed by atoms with van der Waals surface area (Å²) >= 11 is 0. The highest BCUT2D eigenvalue weighted by Crippen LogP contribution is 2.22. The number of urea groups is 1. The first kappa shape index (κ1) is 15.3. The molecule has 1 heterocycles. The highest BCUT2D eigenvalue weighted by molar-refractivity contribution is 5.86. The number of carbonyl (C=O) groups excluding carboxylic acids is 2. The molecule has 7 nitrogen and oxygen atoms in total. The zero-order valence-electron chi connectivity index (χ0n) is 11.5. The third-order valence-corrected chi connectivity index (χ3v) is 3.61. The number of amides is 3. The van der Waals surface area contributed by atoms with Crippen LogP contribution in [0.15, 0.2) is 0 Å². The zero-order valence-corrected chi connectivity index (χ0v) is 11.5. The molecule has 1 atom stereocenters. The molecule has 1 rings (SSSR count). The number of nitrogens with zero attached hydrogens (tertiary/aromatic N) is 2. The highest BCUT2D eigenvalue weighted by Gasteiger charge is 2.40. The summed E-state index contributed by atoms with van der Waals surface area (Å²) in [5.74, 6) is -1.82. The van der Waals surface area contributed by atoms with Crippen molar-refractivity contribution in [3.05, 3.63) is 0 Å². The number of likely N-dealkylation sites (N-methyl/N-ethyl adjacent to an activating group) is 1. The van der Waals surface area contributed by atoms with Crippen molar-refractivity contribution in [2.75, 3.05) is 19.6 Å². The van der Waals surface area contributed by atoms with Crippen LogP contribution in [0.2, 0.25) is 0 Å². The van der Waals surface area contributed by atoms with Gasteiger partial charge in [-0.2, -0.15) is 0 Å². The highest BCUT2D eigenvalue weighted by atomic mass is 16.4. The molecule has 3 amide bonds. The Bertz CT molecular complexity index is 394. The van der Waals surface area contributed by atoms with Crippen LogP contribution in [0.4, 0.5) is 4.79 Å². The minimum atomic E-state index is -1.28. The minimum absolute atomic E-state index is 0.264. The molecule has 7 heteroatoms. The molecule has 1 aliphatic heterocycles. The first-order valence-corrected chi connectivity index (χ1v) is 6.31. The molecule has 0 saturated carbocycles. The summed E-state index contributed by atoms with van der Waals surface area (Å²) in [5.41, 5.74) is 3.94. The first-order chi connectivity index (χ1) is 8.71. The lowest BCUT2D eigenvalue weighted by atomic mass is 10.0. The number of rotatable bonds is 4. The van der Waals surface area contributed by atoms with Gasteiger partial charge in [0.05, 0.1) is 5.92 Å². The molecule has 0 aliphatic carbocycles. The van der Waals surface area contributed by atoms with Crippen molar-refractivity contribution >= 4 is 17.9 Å². The fourth-order valence-electron chi connectivity index (χ4n) is 2.22. The van der Waals surface area contributed by atoms with Gasteiger partial charge in [-0.15, -0.1) is 0 Å². The first-order valence-electron chi connectivity index (χ1n) is 6.31. The lowest BCUT2D eigenvalue weighted by Gasteiger charge is -2.36. The second-order valence-corrected chi connectivity index (χ2v) is 5.22. The van der Waals surface area contributed by atoms with E-state index in [0.717, 1.165) is 0 Å². The third kappa shape index (κ3) is 2.97.